The first kappa shape index (κ1) is 12.3. The summed E-state index contributed by atoms with van der Waals surface area (Å²) in [7, 11) is 0. The highest BCUT2D eigenvalue weighted by Gasteiger charge is 2.05. The summed E-state index contributed by atoms with van der Waals surface area (Å²) >= 11 is 9.55. The minimum atomic E-state index is -0.476. The highest BCUT2D eigenvalue weighted by Crippen LogP contribution is 2.16. The van der Waals surface area contributed by atoms with E-state index in [1.165, 1.54) is 12.1 Å². The van der Waals surface area contributed by atoms with Gasteiger partial charge in [-0.05, 0) is 17.7 Å². The molecule has 0 radical (unpaired) electrons. The smallest absolute Gasteiger partial charge is 0.224 e. The number of carbonyl (C=O) groups excluding carboxylic acids is 1. The monoisotopic (exact) mass is 247 g/mol. The first-order chi connectivity index (χ1) is 7.13. The molecule has 15 heavy (non-hydrogen) atoms. The molecule has 0 unspecified atom stereocenters. The second-order valence-corrected chi connectivity index (χ2v) is 3.85. The second-order valence-electron chi connectivity index (χ2n) is 3.00. The van der Waals surface area contributed by atoms with Gasteiger partial charge in [0.05, 0.1) is 11.4 Å². The van der Waals surface area contributed by atoms with Gasteiger partial charge < -0.3 is 5.32 Å². The fourth-order valence-corrected chi connectivity index (χ4v) is 1.41. The lowest BCUT2D eigenvalue weighted by Gasteiger charge is -2.04. The molecule has 0 saturated heterocycles. The zero-order chi connectivity index (χ0) is 11.3. The Morgan fingerprint density at radius 2 is 2.27 bits per heavy atom. The molecule has 1 rings (SSSR count). The summed E-state index contributed by atoms with van der Waals surface area (Å²) < 4.78 is 12.8. The van der Waals surface area contributed by atoms with Crippen molar-refractivity contribution in [2.75, 3.05) is 12.3 Å². The molecule has 0 heterocycles. The van der Waals surface area contributed by atoms with Crippen LogP contribution in [0.4, 0.5) is 4.39 Å². The van der Waals surface area contributed by atoms with Crippen LogP contribution < -0.4 is 5.32 Å². The number of nitrogens with one attached hydrogen (secondary N) is 1. The first-order valence-corrected chi connectivity index (χ1v) is 5.46. The van der Waals surface area contributed by atoms with Crippen LogP contribution in [0.2, 0.25) is 5.02 Å². The van der Waals surface area contributed by atoms with E-state index in [1.54, 1.807) is 6.07 Å². The Bertz CT molecular complexity index is 359. The van der Waals surface area contributed by atoms with Crippen molar-refractivity contribution < 1.29 is 9.18 Å². The fourth-order valence-electron chi connectivity index (χ4n) is 1.09. The summed E-state index contributed by atoms with van der Waals surface area (Å²) in [5.41, 5.74) is 0.693. The third-order valence-corrected chi connectivity index (χ3v) is 2.30. The Morgan fingerprint density at radius 1 is 1.53 bits per heavy atom. The molecule has 1 aromatic carbocycles. The van der Waals surface area contributed by atoms with Gasteiger partial charge in [-0.1, -0.05) is 17.7 Å². The van der Waals surface area contributed by atoms with E-state index in [0.29, 0.717) is 17.9 Å². The molecule has 0 fully saturated rings. The topological polar surface area (TPSA) is 29.1 Å². The molecule has 0 aliphatic rings. The van der Waals surface area contributed by atoms with Crippen LogP contribution in [0.5, 0.6) is 0 Å². The fraction of sp³-hybridized carbons (Fsp3) is 0.300. The second kappa shape index (κ2) is 5.98. The van der Waals surface area contributed by atoms with Crippen molar-refractivity contribution in [1.29, 1.82) is 0 Å². The van der Waals surface area contributed by atoms with Crippen molar-refractivity contribution in [3.8, 4) is 0 Å². The van der Waals surface area contributed by atoms with Crippen molar-refractivity contribution in [3.05, 3.63) is 34.6 Å². The molecule has 1 N–H and O–H groups in total. The molecule has 1 aromatic rings. The average molecular weight is 248 g/mol. The summed E-state index contributed by atoms with van der Waals surface area (Å²) in [6, 6.07) is 4.25. The van der Waals surface area contributed by atoms with Gasteiger partial charge in [0.2, 0.25) is 5.91 Å². The molecule has 0 spiro atoms. The SMILES string of the molecule is O=C(Cc1ccc(F)c(Cl)c1)NCCS. The van der Waals surface area contributed by atoms with Gasteiger partial charge in [-0.15, -0.1) is 0 Å². The number of hydrogen-bond acceptors (Lipinski definition) is 2. The van der Waals surface area contributed by atoms with Gasteiger partial charge in [0.15, 0.2) is 0 Å². The van der Waals surface area contributed by atoms with Gasteiger partial charge in [0, 0.05) is 12.3 Å². The standard InChI is InChI=1S/C10H11ClFNOS/c11-8-5-7(1-2-9(8)12)6-10(14)13-3-4-15/h1-2,5,15H,3-4,6H2,(H,13,14). The minimum Gasteiger partial charge on any atom is -0.355 e. The summed E-state index contributed by atoms with van der Waals surface area (Å²) in [6.07, 6.45) is 0.202. The van der Waals surface area contributed by atoms with Crippen molar-refractivity contribution in [2.24, 2.45) is 0 Å². The summed E-state index contributed by atoms with van der Waals surface area (Å²) in [4.78, 5) is 11.3. The normalized spacial score (nSPS) is 10.1. The zero-order valence-electron chi connectivity index (χ0n) is 7.96. The summed E-state index contributed by atoms with van der Waals surface area (Å²) in [5.74, 6) is -0.00136. The lowest BCUT2D eigenvalue weighted by molar-refractivity contribution is -0.120. The molecular formula is C10H11ClFNOS. The summed E-state index contributed by atoms with van der Waals surface area (Å²) in [6.45, 7) is 0.525. The number of carbonyl (C=O) groups is 1. The van der Waals surface area contributed by atoms with Crippen LogP contribution in [0.3, 0.4) is 0 Å². The Labute approximate surface area is 98.2 Å². The number of benzene rings is 1. The van der Waals surface area contributed by atoms with Crippen LogP contribution in [-0.2, 0) is 11.2 Å². The molecule has 0 saturated carbocycles. The third-order valence-electron chi connectivity index (χ3n) is 1.78. The van der Waals surface area contributed by atoms with E-state index >= 15 is 0 Å². The van der Waals surface area contributed by atoms with Gasteiger partial charge in [-0.3, -0.25) is 4.79 Å². The van der Waals surface area contributed by atoms with E-state index in [9.17, 15) is 9.18 Å². The van der Waals surface area contributed by atoms with Crippen LogP contribution in [-0.4, -0.2) is 18.2 Å². The maximum Gasteiger partial charge on any atom is 0.224 e. The average Bonchev–Trinajstić information content (AvgIpc) is 2.20. The number of halogens is 2. The molecule has 0 atom stereocenters. The highest BCUT2D eigenvalue weighted by molar-refractivity contribution is 7.80. The van der Waals surface area contributed by atoms with Crippen LogP contribution in [0, 0.1) is 5.82 Å². The quantitative estimate of drug-likeness (QED) is 0.784. The maximum absolute atomic E-state index is 12.8. The molecule has 0 aliphatic heterocycles. The van der Waals surface area contributed by atoms with E-state index in [0.717, 1.165) is 0 Å². The van der Waals surface area contributed by atoms with Crippen LogP contribution >= 0.6 is 24.2 Å². The molecular weight excluding hydrogens is 237 g/mol. The molecule has 1 amide bonds. The molecule has 0 aliphatic carbocycles. The summed E-state index contributed by atoms with van der Waals surface area (Å²) in [5, 5.41) is 2.70. The van der Waals surface area contributed by atoms with E-state index in [2.05, 4.69) is 17.9 Å². The first-order valence-electron chi connectivity index (χ1n) is 4.45. The predicted molar refractivity (Wildman–Crippen MR) is 62.0 cm³/mol. The lowest BCUT2D eigenvalue weighted by Crippen LogP contribution is -2.26. The zero-order valence-corrected chi connectivity index (χ0v) is 9.62. The maximum atomic E-state index is 12.8. The Hall–Kier alpha value is -0.740. The number of thiol groups is 1. The Balaban J connectivity index is 2.57. The molecule has 5 heteroatoms. The molecule has 2 nitrogen and oxygen atoms in total. The van der Waals surface area contributed by atoms with Gasteiger partial charge in [0.1, 0.15) is 5.82 Å². The van der Waals surface area contributed by atoms with E-state index < -0.39 is 5.82 Å². The number of amides is 1. The highest BCUT2D eigenvalue weighted by atomic mass is 35.5. The Morgan fingerprint density at radius 3 is 2.87 bits per heavy atom. The number of rotatable bonds is 4. The van der Waals surface area contributed by atoms with Gasteiger partial charge in [-0.25, -0.2) is 4.39 Å². The minimum absolute atomic E-state index is 0.0366. The van der Waals surface area contributed by atoms with Gasteiger partial charge in [0.25, 0.3) is 0 Å². The van der Waals surface area contributed by atoms with Crippen molar-refractivity contribution >= 4 is 30.1 Å². The van der Waals surface area contributed by atoms with Crippen molar-refractivity contribution in [2.45, 2.75) is 6.42 Å². The number of hydrogen-bond donors (Lipinski definition) is 2. The van der Waals surface area contributed by atoms with E-state index in [-0.39, 0.29) is 17.4 Å². The van der Waals surface area contributed by atoms with Crippen molar-refractivity contribution in [3.63, 3.8) is 0 Å². The molecule has 82 valence electrons. The Kier molecular flexibility index (Phi) is 4.91. The van der Waals surface area contributed by atoms with Gasteiger partial charge in [-0.2, -0.15) is 12.6 Å². The molecule has 0 bridgehead atoms. The van der Waals surface area contributed by atoms with E-state index in [4.69, 9.17) is 11.6 Å². The predicted octanol–water partition coefficient (Wildman–Crippen LogP) is 2.07. The van der Waals surface area contributed by atoms with E-state index in [1.807, 2.05) is 0 Å². The lowest BCUT2D eigenvalue weighted by atomic mass is 10.1. The third kappa shape index (κ3) is 4.10. The van der Waals surface area contributed by atoms with Crippen molar-refractivity contribution in [1.82, 2.24) is 5.32 Å². The largest absolute Gasteiger partial charge is 0.355 e. The van der Waals surface area contributed by atoms with Gasteiger partial charge >= 0.3 is 0 Å². The van der Waals surface area contributed by atoms with Crippen LogP contribution in [0.25, 0.3) is 0 Å². The molecule has 0 aromatic heterocycles. The van der Waals surface area contributed by atoms with Crippen LogP contribution in [0.15, 0.2) is 18.2 Å². The van der Waals surface area contributed by atoms with Crippen LogP contribution in [0.1, 0.15) is 5.56 Å².